The molecule has 0 amide bonds. The van der Waals surface area contributed by atoms with Crippen LogP contribution in [0.5, 0.6) is 5.75 Å². The molecule has 2 atom stereocenters. The number of rotatable bonds is 1. The smallest absolute Gasteiger partial charge is 0.345 e. The van der Waals surface area contributed by atoms with Crippen LogP contribution in [0.25, 0.3) is 0 Å². The Morgan fingerprint density at radius 3 is 2.86 bits per heavy atom. The Morgan fingerprint density at radius 2 is 2.14 bits per heavy atom. The van der Waals surface area contributed by atoms with Gasteiger partial charge >= 0.3 is 5.97 Å². The first-order chi connectivity index (χ1) is 6.68. The molecule has 74 valence electrons. The highest BCUT2D eigenvalue weighted by molar-refractivity contribution is 5.73. The van der Waals surface area contributed by atoms with Crippen LogP contribution < -0.4 is 4.74 Å². The molecular formula is C10H10O4. The summed E-state index contributed by atoms with van der Waals surface area (Å²) in [5, 5.41) is 18.4. The average Bonchev–Trinajstić information content (AvgIpc) is 2.17. The zero-order valence-corrected chi connectivity index (χ0v) is 7.38. The summed E-state index contributed by atoms with van der Waals surface area (Å²) in [6.45, 7) is 0. The van der Waals surface area contributed by atoms with Crippen molar-refractivity contribution in [2.75, 3.05) is 0 Å². The monoisotopic (exact) mass is 194 g/mol. The van der Waals surface area contributed by atoms with E-state index >= 15 is 0 Å². The normalized spacial score (nSPS) is 24.9. The summed E-state index contributed by atoms with van der Waals surface area (Å²) in [5.41, 5.74) is 0.657. The predicted molar refractivity (Wildman–Crippen MR) is 48.1 cm³/mol. The summed E-state index contributed by atoms with van der Waals surface area (Å²) in [6, 6.07) is 6.92. The van der Waals surface area contributed by atoms with Crippen LogP contribution in [0.15, 0.2) is 24.3 Å². The summed E-state index contributed by atoms with van der Waals surface area (Å²) in [4.78, 5) is 10.7. The van der Waals surface area contributed by atoms with E-state index in [1.54, 1.807) is 24.3 Å². The Morgan fingerprint density at radius 1 is 1.43 bits per heavy atom. The Bertz CT molecular complexity index is 361. The fraction of sp³-hybridized carbons (Fsp3) is 0.300. The maximum atomic E-state index is 10.7. The van der Waals surface area contributed by atoms with Crippen molar-refractivity contribution in [3.05, 3.63) is 29.8 Å². The lowest BCUT2D eigenvalue weighted by Gasteiger charge is -2.26. The lowest BCUT2D eigenvalue weighted by atomic mass is 9.99. The number of aliphatic hydroxyl groups is 1. The van der Waals surface area contributed by atoms with E-state index in [9.17, 15) is 9.90 Å². The molecule has 0 radical (unpaired) electrons. The molecule has 1 unspecified atom stereocenters. The van der Waals surface area contributed by atoms with Gasteiger partial charge in [-0.2, -0.15) is 0 Å². The van der Waals surface area contributed by atoms with Gasteiger partial charge in [-0.3, -0.25) is 0 Å². The van der Waals surface area contributed by atoms with Crippen LogP contribution in [-0.2, 0) is 4.79 Å². The number of hydrogen-bond acceptors (Lipinski definition) is 3. The van der Waals surface area contributed by atoms with E-state index in [4.69, 9.17) is 9.84 Å². The highest BCUT2D eigenvalue weighted by Gasteiger charge is 2.30. The molecule has 0 aliphatic carbocycles. The molecule has 0 saturated carbocycles. The average molecular weight is 194 g/mol. The van der Waals surface area contributed by atoms with Gasteiger partial charge in [-0.1, -0.05) is 18.2 Å². The van der Waals surface area contributed by atoms with Crippen molar-refractivity contribution in [2.45, 2.75) is 18.6 Å². The third-order valence-electron chi connectivity index (χ3n) is 2.26. The van der Waals surface area contributed by atoms with Gasteiger partial charge in [-0.25, -0.2) is 4.79 Å². The van der Waals surface area contributed by atoms with Crippen LogP contribution in [-0.4, -0.2) is 22.3 Å². The van der Waals surface area contributed by atoms with Gasteiger partial charge < -0.3 is 14.9 Å². The predicted octanol–water partition coefficient (Wildman–Crippen LogP) is 0.956. The summed E-state index contributed by atoms with van der Waals surface area (Å²) >= 11 is 0. The first-order valence-electron chi connectivity index (χ1n) is 4.35. The second-order valence-electron chi connectivity index (χ2n) is 3.23. The Kier molecular flexibility index (Phi) is 2.13. The van der Waals surface area contributed by atoms with Gasteiger partial charge in [-0.05, 0) is 6.07 Å². The molecule has 4 nitrogen and oxygen atoms in total. The zero-order valence-electron chi connectivity index (χ0n) is 7.38. The summed E-state index contributed by atoms with van der Waals surface area (Å²) in [5.74, 6) is -0.586. The standard InChI is InChI=1S/C10H10O4/c11-7-5-9(10(12)13)14-8-4-2-1-3-6(7)8/h1-4,7,9,11H,5H2,(H,12,13)/t7-,9?/m1/s1. The molecule has 0 spiro atoms. The molecule has 4 heteroatoms. The van der Waals surface area contributed by atoms with Crippen LogP contribution in [0.1, 0.15) is 18.1 Å². The maximum absolute atomic E-state index is 10.7. The van der Waals surface area contributed by atoms with Crippen molar-refractivity contribution in [2.24, 2.45) is 0 Å². The van der Waals surface area contributed by atoms with Crippen molar-refractivity contribution in [3.8, 4) is 5.75 Å². The Hall–Kier alpha value is -1.55. The van der Waals surface area contributed by atoms with E-state index in [-0.39, 0.29) is 6.42 Å². The molecule has 1 heterocycles. The molecule has 1 aromatic carbocycles. The molecule has 2 rings (SSSR count). The molecule has 14 heavy (non-hydrogen) atoms. The minimum atomic E-state index is -1.04. The van der Waals surface area contributed by atoms with E-state index in [1.165, 1.54) is 0 Å². The SMILES string of the molecule is O=C(O)C1C[C@@H](O)c2ccccc2O1. The van der Waals surface area contributed by atoms with Crippen molar-refractivity contribution in [3.63, 3.8) is 0 Å². The van der Waals surface area contributed by atoms with Crippen LogP contribution in [0, 0.1) is 0 Å². The lowest BCUT2D eigenvalue weighted by molar-refractivity contribution is -0.147. The number of carboxylic acids is 1. The van der Waals surface area contributed by atoms with Gasteiger partial charge in [-0.15, -0.1) is 0 Å². The number of hydrogen-bond donors (Lipinski definition) is 2. The van der Waals surface area contributed by atoms with Crippen molar-refractivity contribution >= 4 is 5.97 Å². The highest BCUT2D eigenvalue weighted by Crippen LogP contribution is 2.34. The Labute approximate surface area is 80.7 Å². The fourth-order valence-electron chi connectivity index (χ4n) is 1.55. The van der Waals surface area contributed by atoms with Crippen LogP contribution in [0.4, 0.5) is 0 Å². The largest absolute Gasteiger partial charge is 0.479 e. The van der Waals surface area contributed by atoms with E-state index < -0.39 is 18.2 Å². The molecular weight excluding hydrogens is 184 g/mol. The van der Waals surface area contributed by atoms with Crippen molar-refractivity contribution < 1.29 is 19.7 Å². The third kappa shape index (κ3) is 1.44. The highest BCUT2D eigenvalue weighted by atomic mass is 16.5. The molecule has 0 bridgehead atoms. The third-order valence-corrected chi connectivity index (χ3v) is 2.26. The number of carbonyl (C=O) groups is 1. The molecule has 0 fully saturated rings. The Balaban J connectivity index is 2.33. The van der Waals surface area contributed by atoms with E-state index in [2.05, 4.69) is 0 Å². The van der Waals surface area contributed by atoms with Crippen LogP contribution in [0.3, 0.4) is 0 Å². The number of aliphatic carboxylic acids is 1. The zero-order chi connectivity index (χ0) is 10.1. The lowest BCUT2D eigenvalue weighted by Crippen LogP contribution is -2.32. The number of aliphatic hydroxyl groups excluding tert-OH is 1. The number of para-hydroxylation sites is 1. The molecule has 1 aliphatic heterocycles. The maximum Gasteiger partial charge on any atom is 0.345 e. The second-order valence-corrected chi connectivity index (χ2v) is 3.23. The van der Waals surface area contributed by atoms with Gasteiger partial charge in [0.1, 0.15) is 5.75 Å². The molecule has 0 saturated heterocycles. The quantitative estimate of drug-likeness (QED) is 0.698. The second kappa shape index (κ2) is 3.31. The molecule has 1 aromatic rings. The van der Waals surface area contributed by atoms with Gasteiger partial charge in [0.15, 0.2) is 6.10 Å². The first-order valence-corrected chi connectivity index (χ1v) is 4.35. The first kappa shape index (κ1) is 9.02. The van der Waals surface area contributed by atoms with E-state index in [0.29, 0.717) is 11.3 Å². The van der Waals surface area contributed by atoms with Crippen molar-refractivity contribution in [1.82, 2.24) is 0 Å². The van der Waals surface area contributed by atoms with Gasteiger partial charge in [0.25, 0.3) is 0 Å². The molecule has 2 N–H and O–H groups in total. The summed E-state index contributed by atoms with van der Waals surface area (Å²) < 4.78 is 5.20. The van der Waals surface area contributed by atoms with Gasteiger partial charge in [0.05, 0.1) is 6.10 Å². The minimum Gasteiger partial charge on any atom is -0.479 e. The summed E-state index contributed by atoms with van der Waals surface area (Å²) in [6.07, 6.45) is -1.59. The number of carboxylic acid groups (broad SMARTS) is 1. The number of ether oxygens (including phenoxy) is 1. The van der Waals surface area contributed by atoms with Crippen LogP contribution >= 0.6 is 0 Å². The molecule has 0 aromatic heterocycles. The topological polar surface area (TPSA) is 66.8 Å². The number of fused-ring (bicyclic) bond motifs is 1. The van der Waals surface area contributed by atoms with E-state index in [1.807, 2.05) is 0 Å². The van der Waals surface area contributed by atoms with Crippen LogP contribution in [0.2, 0.25) is 0 Å². The van der Waals surface area contributed by atoms with Crippen molar-refractivity contribution in [1.29, 1.82) is 0 Å². The van der Waals surface area contributed by atoms with E-state index in [0.717, 1.165) is 0 Å². The molecule has 1 aliphatic rings. The van der Waals surface area contributed by atoms with Gasteiger partial charge in [0.2, 0.25) is 0 Å². The summed E-state index contributed by atoms with van der Waals surface area (Å²) in [7, 11) is 0. The number of benzene rings is 1. The van der Waals surface area contributed by atoms with Gasteiger partial charge in [0, 0.05) is 12.0 Å². The minimum absolute atomic E-state index is 0.104. The fourth-order valence-corrected chi connectivity index (χ4v) is 1.55.